The number of carboxylic acid groups (broad SMARTS) is 1. The van der Waals surface area contributed by atoms with E-state index in [1.807, 2.05) is 18.2 Å². The van der Waals surface area contributed by atoms with Gasteiger partial charge in [-0.15, -0.1) is 0 Å². The molecule has 1 amide bonds. The van der Waals surface area contributed by atoms with Crippen LogP contribution in [0.5, 0.6) is 0 Å². The number of nitrogens with two attached hydrogens (primary N) is 1. The van der Waals surface area contributed by atoms with Crippen LogP contribution in [-0.2, 0) is 16.6 Å². The van der Waals surface area contributed by atoms with E-state index in [2.05, 4.69) is 55.6 Å². The number of benzene rings is 3. The van der Waals surface area contributed by atoms with Crippen LogP contribution in [0.1, 0.15) is 35.3 Å². The zero-order valence-corrected chi connectivity index (χ0v) is 17.8. The van der Waals surface area contributed by atoms with E-state index in [1.54, 1.807) is 24.3 Å². The van der Waals surface area contributed by atoms with Crippen molar-refractivity contribution in [2.24, 2.45) is 5.73 Å². The van der Waals surface area contributed by atoms with Gasteiger partial charge in [-0.1, -0.05) is 80.6 Å². The lowest BCUT2D eigenvalue weighted by molar-refractivity contribution is -0.138. The van der Waals surface area contributed by atoms with Gasteiger partial charge in [0.05, 0.1) is 0 Å². The van der Waals surface area contributed by atoms with Crippen LogP contribution in [0.15, 0.2) is 78.9 Å². The molecule has 0 aromatic heterocycles. The fourth-order valence-corrected chi connectivity index (χ4v) is 3.38. The highest BCUT2D eigenvalue weighted by Crippen LogP contribution is 2.26. The average molecular weight is 417 g/mol. The van der Waals surface area contributed by atoms with E-state index >= 15 is 0 Å². The molecule has 0 saturated carbocycles. The smallest absolute Gasteiger partial charge is 0.320 e. The first-order valence-corrected chi connectivity index (χ1v) is 10.3. The molecule has 3 rings (SSSR count). The maximum absolute atomic E-state index is 12.6. The largest absolute Gasteiger partial charge is 0.480 e. The van der Waals surface area contributed by atoms with Crippen LogP contribution in [0, 0.1) is 0 Å². The molecule has 0 fully saturated rings. The van der Waals surface area contributed by atoms with Gasteiger partial charge in [0.25, 0.3) is 5.91 Å². The Hall–Kier alpha value is -3.44. The van der Waals surface area contributed by atoms with Gasteiger partial charge in [0.15, 0.2) is 0 Å². The van der Waals surface area contributed by atoms with Gasteiger partial charge in [-0.25, -0.2) is 0 Å². The van der Waals surface area contributed by atoms with Gasteiger partial charge in [-0.3, -0.25) is 9.59 Å². The Morgan fingerprint density at radius 3 is 2.06 bits per heavy atom. The second-order valence-electron chi connectivity index (χ2n) is 8.36. The highest BCUT2D eigenvalue weighted by atomic mass is 16.4. The van der Waals surface area contributed by atoms with E-state index in [-0.39, 0.29) is 17.7 Å². The van der Waals surface area contributed by atoms with E-state index in [9.17, 15) is 9.59 Å². The van der Waals surface area contributed by atoms with Gasteiger partial charge in [0, 0.05) is 17.5 Å². The highest BCUT2D eigenvalue weighted by Gasteiger charge is 2.22. The first-order chi connectivity index (χ1) is 14.8. The number of hydrogen-bond acceptors (Lipinski definition) is 3. The second kappa shape index (κ2) is 9.58. The van der Waals surface area contributed by atoms with Crippen LogP contribution >= 0.6 is 0 Å². The van der Waals surface area contributed by atoms with Gasteiger partial charge in [-0.05, 0) is 40.8 Å². The zero-order valence-electron chi connectivity index (χ0n) is 17.8. The molecule has 0 saturated heterocycles. The Bertz CT molecular complexity index is 1030. The molecule has 4 N–H and O–H groups in total. The molecule has 0 heterocycles. The number of aliphatic carboxylic acids is 1. The van der Waals surface area contributed by atoms with Crippen LogP contribution in [0.2, 0.25) is 0 Å². The van der Waals surface area contributed by atoms with Gasteiger partial charge >= 0.3 is 5.97 Å². The summed E-state index contributed by atoms with van der Waals surface area (Å²) >= 11 is 0. The Labute approximate surface area is 182 Å². The van der Waals surface area contributed by atoms with Crippen molar-refractivity contribution in [2.75, 3.05) is 6.54 Å². The molecule has 0 aliphatic carbocycles. The fraction of sp³-hybridized carbons (Fsp3) is 0.231. The maximum Gasteiger partial charge on any atom is 0.320 e. The number of carbonyl (C=O) groups excluding carboxylic acids is 1. The number of nitrogens with one attached hydrogen (secondary N) is 1. The van der Waals surface area contributed by atoms with Crippen molar-refractivity contribution in [3.8, 4) is 11.1 Å². The molecular weight excluding hydrogens is 388 g/mol. The SMILES string of the molecule is CC(C)(CNC(=O)c1ccc(C[C@H](N)C(=O)O)cc1)c1ccc(-c2ccccc2)cc1. The number of rotatable bonds is 8. The molecule has 31 heavy (non-hydrogen) atoms. The van der Waals surface area contributed by atoms with Crippen LogP contribution in [0.3, 0.4) is 0 Å². The summed E-state index contributed by atoms with van der Waals surface area (Å²) in [5.41, 5.74) is 10.1. The summed E-state index contributed by atoms with van der Waals surface area (Å²) in [6.07, 6.45) is 0.225. The van der Waals surface area contributed by atoms with Crippen molar-refractivity contribution in [3.63, 3.8) is 0 Å². The minimum atomic E-state index is -1.04. The van der Waals surface area contributed by atoms with Crippen LogP contribution < -0.4 is 11.1 Å². The minimum absolute atomic E-state index is 0.164. The minimum Gasteiger partial charge on any atom is -0.480 e. The van der Waals surface area contributed by atoms with Crippen molar-refractivity contribution in [2.45, 2.75) is 31.7 Å². The third-order valence-corrected chi connectivity index (χ3v) is 5.45. The third kappa shape index (κ3) is 5.80. The molecule has 0 radical (unpaired) electrons. The topological polar surface area (TPSA) is 92.4 Å². The summed E-state index contributed by atoms with van der Waals surface area (Å²) in [6.45, 7) is 4.69. The van der Waals surface area contributed by atoms with Crippen LogP contribution in [-0.4, -0.2) is 29.6 Å². The van der Waals surface area contributed by atoms with E-state index in [0.29, 0.717) is 12.1 Å². The Kier molecular flexibility index (Phi) is 6.88. The van der Waals surface area contributed by atoms with E-state index < -0.39 is 12.0 Å². The van der Waals surface area contributed by atoms with E-state index in [0.717, 1.165) is 16.7 Å². The number of carbonyl (C=O) groups is 2. The Balaban J connectivity index is 1.60. The Morgan fingerprint density at radius 2 is 1.48 bits per heavy atom. The third-order valence-electron chi connectivity index (χ3n) is 5.45. The number of amides is 1. The summed E-state index contributed by atoms with van der Waals surface area (Å²) in [4.78, 5) is 23.5. The maximum atomic E-state index is 12.6. The molecule has 0 aliphatic rings. The molecule has 1 atom stereocenters. The molecule has 0 spiro atoms. The average Bonchev–Trinajstić information content (AvgIpc) is 2.78. The molecule has 0 bridgehead atoms. The molecule has 160 valence electrons. The molecule has 3 aromatic rings. The van der Waals surface area contributed by atoms with E-state index in [1.165, 1.54) is 5.56 Å². The lowest BCUT2D eigenvalue weighted by Crippen LogP contribution is -2.36. The highest BCUT2D eigenvalue weighted by molar-refractivity contribution is 5.94. The predicted octanol–water partition coefficient (Wildman–Crippen LogP) is 4.02. The fourth-order valence-electron chi connectivity index (χ4n) is 3.38. The lowest BCUT2D eigenvalue weighted by Gasteiger charge is -2.26. The summed E-state index contributed by atoms with van der Waals surface area (Å²) in [7, 11) is 0. The van der Waals surface area contributed by atoms with Crippen molar-refractivity contribution in [1.82, 2.24) is 5.32 Å². The van der Waals surface area contributed by atoms with Crippen molar-refractivity contribution >= 4 is 11.9 Å². The lowest BCUT2D eigenvalue weighted by atomic mass is 9.83. The molecule has 0 aliphatic heterocycles. The first-order valence-electron chi connectivity index (χ1n) is 10.3. The van der Waals surface area contributed by atoms with Gasteiger partial charge in [0.1, 0.15) is 6.04 Å². The Morgan fingerprint density at radius 1 is 0.903 bits per heavy atom. The quantitative estimate of drug-likeness (QED) is 0.517. The van der Waals surface area contributed by atoms with Crippen LogP contribution in [0.4, 0.5) is 0 Å². The van der Waals surface area contributed by atoms with Crippen molar-refractivity contribution in [3.05, 3.63) is 95.6 Å². The van der Waals surface area contributed by atoms with Gasteiger partial charge in [0.2, 0.25) is 0 Å². The summed E-state index contributed by atoms with van der Waals surface area (Å²) in [6, 6.07) is 24.6. The van der Waals surface area contributed by atoms with Crippen molar-refractivity contribution in [1.29, 1.82) is 0 Å². The standard InChI is InChI=1S/C26H28N2O3/c1-26(2,22-14-12-20(13-15-22)19-6-4-3-5-7-19)17-28-24(29)21-10-8-18(9-11-21)16-23(27)25(30)31/h3-15,23H,16-17,27H2,1-2H3,(H,28,29)(H,30,31)/t23-/m0/s1. The second-order valence-corrected chi connectivity index (χ2v) is 8.36. The van der Waals surface area contributed by atoms with Crippen LogP contribution in [0.25, 0.3) is 11.1 Å². The zero-order chi connectivity index (χ0) is 22.4. The molecule has 3 aromatic carbocycles. The molecule has 0 unspecified atom stereocenters. The summed E-state index contributed by atoms with van der Waals surface area (Å²) in [5.74, 6) is -1.20. The first kappa shape index (κ1) is 22.2. The summed E-state index contributed by atoms with van der Waals surface area (Å²) in [5, 5.41) is 11.9. The summed E-state index contributed by atoms with van der Waals surface area (Å²) < 4.78 is 0. The number of hydrogen-bond donors (Lipinski definition) is 3. The monoisotopic (exact) mass is 416 g/mol. The molecular formula is C26H28N2O3. The van der Waals surface area contributed by atoms with Gasteiger partial charge in [-0.2, -0.15) is 0 Å². The number of carboxylic acids is 1. The molecule has 5 nitrogen and oxygen atoms in total. The normalized spacial score (nSPS) is 12.2. The predicted molar refractivity (Wildman–Crippen MR) is 123 cm³/mol. The van der Waals surface area contributed by atoms with E-state index in [4.69, 9.17) is 10.8 Å². The van der Waals surface area contributed by atoms with Crippen molar-refractivity contribution < 1.29 is 14.7 Å². The van der Waals surface area contributed by atoms with Gasteiger partial charge < -0.3 is 16.2 Å². The molecule has 5 heteroatoms.